The van der Waals surface area contributed by atoms with Crippen LogP contribution in [-0.2, 0) is 28.6 Å². The summed E-state index contributed by atoms with van der Waals surface area (Å²) in [5, 5.41) is 0. The fraction of sp³-hybridized carbons (Fsp3) is 0.654. The Labute approximate surface area is 192 Å². The zero-order valence-electron chi connectivity index (χ0n) is 19.7. The van der Waals surface area contributed by atoms with Gasteiger partial charge < -0.3 is 18.6 Å². The van der Waals surface area contributed by atoms with Crippen molar-refractivity contribution in [3.8, 4) is 0 Å². The van der Waals surface area contributed by atoms with Crippen molar-refractivity contribution in [3.05, 3.63) is 36.3 Å². The number of carbonyl (C=O) groups is 3. The quantitative estimate of drug-likeness (QED) is 0.469. The highest BCUT2D eigenvalue weighted by Crippen LogP contribution is 2.78. The van der Waals surface area contributed by atoms with Crippen molar-refractivity contribution in [3.63, 3.8) is 0 Å². The van der Waals surface area contributed by atoms with Crippen LogP contribution in [0.5, 0.6) is 0 Å². The lowest BCUT2D eigenvalue weighted by Gasteiger charge is -2.64. The Bertz CT molecular complexity index is 1100. The normalized spacial score (nSPS) is 49.5. The lowest BCUT2D eigenvalue weighted by atomic mass is 9.37. The van der Waals surface area contributed by atoms with Crippen molar-refractivity contribution < 1.29 is 33.0 Å². The molecular formula is C26H30O7. The minimum atomic E-state index is -0.958. The van der Waals surface area contributed by atoms with Gasteiger partial charge >= 0.3 is 11.9 Å². The standard InChI is InChI=1S/C26H30O7/c1-22(2)16-12-17(27)25(5)15(23(16,3)9-7-18(28)32-22)6-10-24(4)19(14-8-11-30-13-14)31-21(29)20-26(24,25)33-20/h7-9,11,13,15-16,19-20H,6,10,12H2,1-5H3/t15-,16+,19?,20-,23-,24+,25+,26-/m1/s1. The number of cyclic esters (lactones) is 2. The lowest BCUT2D eigenvalue weighted by Crippen LogP contribution is -2.71. The van der Waals surface area contributed by atoms with Gasteiger partial charge in [-0.15, -0.1) is 0 Å². The van der Waals surface area contributed by atoms with E-state index in [4.69, 9.17) is 18.6 Å². The summed E-state index contributed by atoms with van der Waals surface area (Å²) in [7, 11) is 0. The summed E-state index contributed by atoms with van der Waals surface area (Å²) in [5.41, 5.74) is -2.94. The van der Waals surface area contributed by atoms with Crippen LogP contribution in [0.25, 0.3) is 0 Å². The van der Waals surface area contributed by atoms with Gasteiger partial charge in [0.1, 0.15) is 23.1 Å². The molecule has 1 aromatic rings. The highest BCUT2D eigenvalue weighted by Gasteiger charge is 2.88. The third kappa shape index (κ3) is 2.23. The number of ether oxygens (including phenoxy) is 3. The molecule has 1 unspecified atom stereocenters. The second-order valence-corrected chi connectivity index (χ2v) is 11.7. The number of ketones is 1. The molecule has 7 nitrogen and oxygen atoms in total. The van der Waals surface area contributed by atoms with Gasteiger partial charge in [0, 0.05) is 29.4 Å². The number of furan rings is 1. The molecule has 1 spiro atoms. The van der Waals surface area contributed by atoms with Crippen LogP contribution in [0.15, 0.2) is 35.2 Å². The number of epoxide rings is 1. The van der Waals surface area contributed by atoms with Crippen molar-refractivity contribution in [2.24, 2.45) is 28.1 Å². The average molecular weight is 455 g/mol. The van der Waals surface area contributed by atoms with Gasteiger partial charge in [0.15, 0.2) is 6.10 Å². The van der Waals surface area contributed by atoms with Gasteiger partial charge in [0.05, 0.1) is 17.9 Å². The van der Waals surface area contributed by atoms with Gasteiger partial charge in [-0.2, -0.15) is 0 Å². The predicted molar refractivity (Wildman–Crippen MR) is 115 cm³/mol. The van der Waals surface area contributed by atoms with Crippen molar-refractivity contribution in [2.45, 2.75) is 77.3 Å². The first kappa shape index (κ1) is 21.1. The molecule has 8 atom stereocenters. The third-order valence-electron chi connectivity index (χ3n) is 10.0. The molecule has 4 fully saturated rings. The maximum Gasteiger partial charge on any atom is 0.339 e. The number of esters is 2. The van der Waals surface area contributed by atoms with E-state index < -0.39 is 45.6 Å². The van der Waals surface area contributed by atoms with Crippen LogP contribution < -0.4 is 0 Å². The van der Waals surface area contributed by atoms with Gasteiger partial charge in [-0.3, -0.25) is 4.79 Å². The van der Waals surface area contributed by atoms with Crippen LogP contribution >= 0.6 is 0 Å². The third-order valence-corrected chi connectivity index (χ3v) is 10.0. The summed E-state index contributed by atoms with van der Waals surface area (Å²) < 4.78 is 23.3. The van der Waals surface area contributed by atoms with Crippen LogP contribution in [0.3, 0.4) is 0 Å². The van der Waals surface area contributed by atoms with E-state index in [0.717, 1.165) is 12.0 Å². The van der Waals surface area contributed by atoms with E-state index in [1.54, 1.807) is 12.5 Å². The van der Waals surface area contributed by atoms with Gasteiger partial charge in [-0.25, -0.2) is 9.59 Å². The predicted octanol–water partition coefficient (Wildman–Crippen LogP) is 3.92. The molecule has 1 aromatic heterocycles. The minimum Gasteiger partial charge on any atom is -0.472 e. The van der Waals surface area contributed by atoms with Gasteiger partial charge in [0.25, 0.3) is 0 Å². The van der Waals surface area contributed by atoms with Crippen LogP contribution in [0, 0.1) is 28.1 Å². The number of Topliss-reactive ketones (excluding diaryl/α,β-unsaturated/α-hetero) is 1. The first-order chi connectivity index (χ1) is 15.4. The van der Waals surface area contributed by atoms with Gasteiger partial charge in [-0.05, 0) is 51.0 Å². The summed E-state index contributed by atoms with van der Waals surface area (Å²) in [6.45, 7) is 9.99. The largest absolute Gasteiger partial charge is 0.472 e. The van der Waals surface area contributed by atoms with Crippen molar-refractivity contribution in [1.82, 2.24) is 0 Å². The lowest BCUT2D eigenvalue weighted by molar-refractivity contribution is -0.215. The maximum absolute atomic E-state index is 14.1. The van der Waals surface area contributed by atoms with E-state index in [1.807, 2.05) is 32.9 Å². The first-order valence-corrected chi connectivity index (χ1v) is 11.8. The number of allylic oxidation sites excluding steroid dienone is 1. The zero-order valence-corrected chi connectivity index (χ0v) is 19.7. The highest BCUT2D eigenvalue weighted by atomic mass is 16.7. The minimum absolute atomic E-state index is 0.0727. The number of hydrogen-bond acceptors (Lipinski definition) is 7. The average Bonchev–Trinajstić information content (AvgIpc) is 3.33. The van der Waals surface area contributed by atoms with Crippen molar-refractivity contribution >= 4 is 17.7 Å². The molecule has 6 rings (SSSR count). The van der Waals surface area contributed by atoms with Crippen molar-refractivity contribution in [1.29, 1.82) is 0 Å². The van der Waals surface area contributed by atoms with Crippen LogP contribution in [0.4, 0.5) is 0 Å². The topological polar surface area (TPSA) is 95.3 Å². The number of carbonyl (C=O) groups excluding carboxylic acids is 3. The van der Waals surface area contributed by atoms with E-state index >= 15 is 0 Å². The molecule has 0 aromatic carbocycles. The van der Waals surface area contributed by atoms with E-state index in [1.165, 1.54) is 6.08 Å². The monoisotopic (exact) mass is 454 g/mol. The van der Waals surface area contributed by atoms with E-state index in [2.05, 4.69) is 13.8 Å². The maximum atomic E-state index is 14.1. The van der Waals surface area contributed by atoms with Gasteiger partial charge in [0.2, 0.25) is 0 Å². The SMILES string of the molecule is CC1(C)OC(=O)C=C[C@]2(C)[C@H]3CC[C@@]4(C)C(c5ccoc5)OC(=O)[C@H]5O[C@]54[C@]3(C)C(=O)C[C@@H]12. The highest BCUT2D eigenvalue weighted by molar-refractivity contribution is 5.93. The second kappa shape index (κ2) is 5.98. The van der Waals surface area contributed by atoms with Crippen LogP contribution in [0.1, 0.15) is 65.5 Å². The Morgan fingerprint density at radius 2 is 1.76 bits per heavy atom. The number of rotatable bonds is 1. The molecular weight excluding hydrogens is 424 g/mol. The fourth-order valence-electron chi connectivity index (χ4n) is 8.49. The second-order valence-electron chi connectivity index (χ2n) is 11.7. The van der Waals surface area contributed by atoms with Crippen LogP contribution in [-0.4, -0.2) is 35.0 Å². The van der Waals surface area contributed by atoms with E-state index in [-0.39, 0.29) is 30.0 Å². The molecule has 4 heterocycles. The molecule has 0 bridgehead atoms. The molecule has 176 valence electrons. The molecule has 0 amide bonds. The number of hydrogen-bond donors (Lipinski definition) is 0. The van der Waals surface area contributed by atoms with Gasteiger partial charge in [-0.1, -0.05) is 19.9 Å². The molecule has 3 aliphatic heterocycles. The molecule has 2 aliphatic carbocycles. The summed E-state index contributed by atoms with van der Waals surface area (Å²) in [6, 6.07) is 1.81. The zero-order chi connectivity index (χ0) is 23.6. The Morgan fingerprint density at radius 1 is 1.00 bits per heavy atom. The Kier molecular flexibility index (Phi) is 3.83. The Hall–Kier alpha value is -2.41. The molecule has 2 saturated heterocycles. The number of fused-ring (bicyclic) bond motifs is 3. The molecule has 0 radical (unpaired) electrons. The fourth-order valence-corrected chi connectivity index (χ4v) is 8.49. The smallest absolute Gasteiger partial charge is 0.339 e. The molecule has 33 heavy (non-hydrogen) atoms. The summed E-state index contributed by atoms with van der Waals surface area (Å²) in [5.74, 6) is -1.02. The van der Waals surface area contributed by atoms with Crippen LogP contribution in [0.2, 0.25) is 0 Å². The summed E-state index contributed by atoms with van der Waals surface area (Å²) in [4.78, 5) is 39.6. The molecule has 7 heteroatoms. The van der Waals surface area contributed by atoms with Crippen molar-refractivity contribution in [2.75, 3.05) is 0 Å². The Morgan fingerprint density at radius 3 is 2.45 bits per heavy atom. The molecule has 5 aliphatic rings. The Balaban J connectivity index is 1.53. The van der Waals surface area contributed by atoms with E-state index in [9.17, 15) is 14.4 Å². The summed E-state index contributed by atoms with van der Waals surface area (Å²) >= 11 is 0. The molecule has 0 N–H and O–H groups in total. The summed E-state index contributed by atoms with van der Waals surface area (Å²) in [6.07, 6.45) is 7.04. The molecule has 2 saturated carbocycles. The first-order valence-electron chi connectivity index (χ1n) is 11.8. The van der Waals surface area contributed by atoms with E-state index in [0.29, 0.717) is 6.42 Å².